The van der Waals surface area contributed by atoms with Crippen molar-refractivity contribution in [3.63, 3.8) is 0 Å². The minimum Gasteiger partial charge on any atom is -0.497 e. The number of benzene rings is 1. The molecule has 0 saturated carbocycles. The second-order valence-electron chi connectivity index (χ2n) is 4.75. The Morgan fingerprint density at radius 1 is 1.47 bits per heavy atom. The molecule has 0 spiro atoms. The zero-order valence-electron chi connectivity index (χ0n) is 11.0. The van der Waals surface area contributed by atoms with Gasteiger partial charge in [0.1, 0.15) is 5.75 Å². The van der Waals surface area contributed by atoms with E-state index in [9.17, 15) is 4.79 Å². The molecule has 1 aromatic rings. The molecule has 4 heteroatoms. The maximum absolute atomic E-state index is 11.1. The van der Waals surface area contributed by atoms with Gasteiger partial charge in [0.15, 0.2) is 0 Å². The van der Waals surface area contributed by atoms with Crippen molar-refractivity contribution in [2.24, 2.45) is 0 Å². The molecule has 0 aromatic heterocycles. The number of hydrogen-bond acceptors (Lipinski definition) is 2. The molecule has 0 heterocycles. The maximum atomic E-state index is 11.1. The number of hydrogen-bond donors (Lipinski definition) is 1. The average Bonchev–Trinajstić information content (AvgIpc) is 2.39. The van der Waals surface area contributed by atoms with Crippen molar-refractivity contribution in [3.8, 4) is 5.75 Å². The van der Waals surface area contributed by atoms with Crippen LogP contribution in [0.4, 0.5) is 0 Å². The highest BCUT2D eigenvalue weighted by Gasteiger charge is 2.33. The summed E-state index contributed by atoms with van der Waals surface area (Å²) in [6.07, 6.45) is 7.22. The standard InChI is InChI=1S/C15H18O3.ClH/c1-18-13-7-5-6-12(10-13)15(11-14(16)17)8-3-2-4-9-15;/h3,5-8,10H,2,4,9,11H2,1H3,(H,16,17);1H. The molecule has 1 aromatic carbocycles. The van der Waals surface area contributed by atoms with Crippen LogP contribution in [-0.4, -0.2) is 18.2 Å². The van der Waals surface area contributed by atoms with Crippen LogP contribution in [0, 0.1) is 0 Å². The van der Waals surface area contributed by atoms with E-state index in [-0.39, 0.29) is 24.2 Å². The van der Waals surface area contributed by atoms with Crippen molar-refractivity contribution in [1.29, 1.82) is 0 Å². The van der Waals surface area contributed by atoms with E-state index < -0.39 is 5.97 Å². The first-order valence-electron chi connectivity index (χ1n) is 6.20. The number of rotatable bonds is 4. The fraction of sp³-hybridized carbons (Fsp3) is 0.400. The summed E-state index contributed by atoms with van der Waals surface area (Å²) < 4.78 is 5.22. The van der Waals surface area contributed by atoms with Crippen LogP contribution in [0.5, 0.6) is 5.75 Å². The molecule has 1 aliphatic rings. The fourth-order valence-electron chi connectivity index (χ4n) is 2.62. The van der Waals surface area contributed by atoms with Gasteiger partial charge >= 0.3 is 5.97 Å². The van der Waals surface area contributed by atoms with Gasteiger partial charge in [0.2, 0.25) is 0 Å². The predicted octanol–water partition coefficient (Wildman–Crippen LogP) is 3.57. The van der Waals surface area contributed by atoms with Crippen LogP contribution in [-0.2, 0) is 10.2 Å². The Labute approximate surface area is 119 Å². The van der Waals surface area contributed by atoms with Gasteiger partial charge in [0, 0.05) is 5.41 Å². The minimum absolute atomic E-state index is 0. The Balaban J connectivity index is 0.00000180. The van der Waals surface area contributed by atoms with Crippen LogP contribution in [0.3, 0.4) is 0 Å². The van der Waals surface area contributed by atoms with Crippen molar-refractivity contribution in [2.75, 3.05) is 7.11 Å². The zero-order chi connectivity index (χ0) is 13.0. The second-order valence-corrected chi connectivity index (χ2v) is 4.75. The molecule has 0 bridgehead atoms. The molecule has 104 valence electrons. The van der Waals surface area contributed by atoms with E-state index in [1.54, 1.807) is 7.11 Å². The van der Waals surface area contributed by atoms with Crippen LogP contribution >= 0.6 is 12.4 Å². The summed E-state index contributed by atoms with van der Waals surface area (Å²) in [5.74, 6) is 0.0145. The normalized spacial score (nSPS) is 21.5. The van der Waals surface area contributed by atoms with Gasteiger partial charge in [-0.2, -0.15) is 0 Å². The summed E-state index contributed by atoms with van der Waals surface area (Å²) in [4.78, 5) is 11.1. The lowest BCUT2D eigenvalue weighted by Gasteiger charge is -2.32. The molecule has 1 unspecified atom stereocenters. The highest BCUT2D eigenvalue weighted by Crippen LogP contribution is 2.39. The lowest BCUT2D eigenvalue weighted by molar-refractivity contribution is -0.138. The highest BCUT2D eigenvalue weighted by atomic mass is 35.5. The molecule has 3 nitrogen and oxygen atoms in total. The van der Waals surface area contributed by atoms with E-state index >= 15 is 0 Å². The Hall–Kier alpha value is -1.48. The molecule has 0 saturated heterocycles. The fourth-order valence-corrected chi connectivity index (χ4v) is 2.62. The van der Waals surface area contributed by atoms with Crippen molar-refractivity contribution in [1.82, 2.24) is 0 Å². The third-order valence-corrected chi connectivity index (χ3v) is 3.54. The van der Waals surface area contributed by atoms with Crippen LogP contribution < -0.4 is 4.74 Å². The summed E-state index contributed by atoms with van der Waals surface area (Å²) in [7, 11) is 1.62. The summed E-state index contributed by atoms with van der Waals surface area (Å²) >= 11 is 0. The summed E-state index contributed by atoms with van der Waals surface area (Å²) in [5, 5.41) is 9.15. The van der Waals surface area contributed by atoms with E-state index in [1.807, 2.05) is 24.3 Å². The van der Waals surface area contributed by atoms with Crippen molar-refractivity contribution < 1.29 is 14.6 Å². The third kappa shape index (κ3) is 3.51. The number of allylic oxidation sites excluding steroid dienone is 2. The molecular weight excluding hydrogens is 264 g/mol. The molecule has 0 amide bonds. The van der Waals surface area contributed by atoms with Crippen molar-refractivity contribution in [3.05, 3.63) is 42.0 Å². The van der Waals surface area contributed by atoms with Crippen LogP contribution in [0.1, 0.15) is 31.2 Å². The van der Waals surface area contributed by atoms with Gasteiger partial charge in [0.05, 0.1) is 13.5 Å². The topological polar surface area (TPSA) is 46.5 Å². The maximum Gasteiger partial charge on any atom is 0.304 e. The molecule has 2 rings (SSSR count). The van der Waals surface area contributed by atoms with Gasteiger partial charge in [-0.1, -0.05) is 24.3 Å². The molecule has 19 heavy (non-hydrogen) atoms. The van der Waals surface area contributed by atoms with E-state index in [4.69, 9.17) is 9.84 Å². The Bertz CT molecular complexity index is 470. The highest BCUT2D eigenvalue weighted by molar-refractivity contribution is 5.85. The Morgan fingerprint density at radius 3 is 2.84 bits per heavy atom. The van der Waals surface area contributed by atoms with Gasteiger partial charge in [-0.3, -0.25) is 4.79 Å². The molecule has 0 aliphatic heterocycles. The molecule has 1 atom stereocenters. The van der Waals surface area contributed by atoms with E-state index in [0.29, 0.717) is 0 Å². The number of carboxylic acids is 1. The van der Waals surface area contributed by atoms with Gasteiger partial charge in [-0.05, 0) is 37.0 Å². The van der Waals surface area contributed by atoms with Gasteiger partial charge in [-0.15, -0.1) is 12.4 Å². The van der Waals surface area contributed by atoms with Crippen LogP contribution in [0.25, 0.3) is 0 Å². The SMILES string of the molecule is COc1cccc(C2(CC(=O)O)C=CCCC2)c1.Cl. The van der Waals surface area contributed by atoms with Gasteiger partial charge < -0.3 is 9.84 Å². The first-order chi connectivity index (χ1) is 8.66. The summed E-state index contributed by atoms with van der Waals surface area (Å²) in [5.41, 5.74) is 0.652. The first kappa shape index (κ1) is 15.6. The van der Waals surface area contributed by atoms with E-state index in [1.165, 1.54) is 0 Å². The number of carbonyl (C=O) groups is 1. The second kappa shape index (κ2) is 6.62. The quantitative estimate of drug-likeness (QED) is 0.859. The minimum atomic E-state index is -0.760. The molecule has 0 radical (unpaired) electrons. The lowest BCUT2D eigenvalue weighted by Crippen LogP contribution is -2.28. The summed E-state index contributed by atoms with van der Waals surface area (Å²) in [6.45, 7) is 0. The Morgan fingerprint density at radius 2 is 2.26 bits per heavy atom. The first-order valence-corrected chi connectivity index (χ1v) is 6.20. The summed E-state index contributed by atoms with van der Waals surface area (Å²) in [6, 6.07) is 7.73. The van der Waals surface area contributed by atoms with Crippen molar-refractivity contribution >= 4 is 18.4 Å². The monoisotopic (exact) mass is 282 g/mol. The molecule has 0 fully saturated rings. The van der Waals surface area contributed by atoms with E-state index in [2.05, 4.69) is 12.2 Å². The van der Waals surface area contributed by atoms with E-state index in [0.717, 1.165) is 30.6 Å². The van der Waals surface area contributed by atoms with Gasteiger partial charge in [0.25, 0.3) is 0 Å². The van der Waals surface area contributed by atoms with Crippen molar-refractivity contribution in [2.45, 2.75) is 31.1 Å². The number of ether oxygens (including phenoxy) is 1. The Kier molecular flexibility index (Phi) is 5.43. The smallest absolute Gasteiger partial charge is 0.304 e. The largest absolute Gasteiger partial charge is 0.497 e. The third-order valence-electron chi connectivity index (χ3n) is 3.54. The number of carboxylic acid groups (broad SMARTS) is 1. The number of methoxy groups -OCH3 is 1. The molecular formula is C15H19ClO3. The number of halogens is 1. The molecule has 1 N–H and O–H groups in total. The average molecular weight is 283 g/mol. The predicted molar refractivity (Wildman–Crippen MR) is 77.2 cm³/mol. The lowest BCUT2D eigenvalue weighted by atomic mass is 9.71. The van der Waals surface area contributed by atoms with Crippen LogP contribution in [0.15, 0.2) is 36.4 Å². The molecule has 1 aliphatic carbocycles. The zero-order valence-corrected chi connectivity index (χ0v) is 11.8. The number of aliphatic carboxylic acids is 1. The van der Waals surface area contributed by atoms with Gasteiger partial charge in [-0.25, -0.2) is 0 Å². The van der Waals surface area contributed by atoms with Crippen LogP contribution in [0.2, 0.25) is 0 Å².